The Balaban J connectivity index is 1.99. The normalized spacial score (nSPS) is 24.6. The molecule has 1 aromatic rings. The lowest BCUT2D eigenvalue weighted by Crippen LogP contribution is -2.26. The van der Waals surface area contributed by atoms with Gasteiger partial charge in [0, 0.05) is 11.8 Å². The molecule has 0 unspecified atom stereocenters. The number of aryl methyl sites for hydroxylation is 1. The molecule has 0 aliphatic heterocycles. The number of benzene rings is 1. The van der Waals surface area contributed by atoms with Crippen LogP contribution in [0.2, 0.25) is 0 Å². The Morgan fingerprint density at radius 3 is 2.88 bits per heavy atom. The van der Waals surface area contributed by atoms with E-state index >= 15 is 0 Å². The molecular formula is C14H19NO. The van der Waals surface area contributed by atoms with Gasteiger partial charge in [0.25, 0.3) is 0 Å². The SMILES string of the molecule is CCC1CC(N=Cc2cccc(C)c2O)C1. The summed E-state index contributed by atoms with van der Waals surface area (Å²) >= 11 is 0. The van der Waals surface area contributed by atoms with E-state index in [-0.39, 0.29) is 0 Å². The predicted molar refractivity (Wildman–Crippen MR) is 67.2 cm³/mol. The largest absolute Gasteiger partial charge is 0.507 e. The lowest BCUT2D eigenvalue weighted by molar-refractivity contribution is 0.260. The zero-order valence-corrected chi connectivity index (χ0v) is 9.98. The highest BCUT2D eigenvalue weighted by Crippen LogP contribution is 2.32. The summed E-state index contributed by atoms with van der Waals surface area (Å²) in [4.78, 5) is 4.51. The smallest absolute Gasteiger partial charge is 0.127 e. The molecule has 0 bridgehead atoms. The summed E-state index contributed by atoms with van der Waals surface area (Å²) in [6, 6.07) is 6.24. The van der Waals surface area contributed by atoms with Gasteiger partial charge in [0.05, 0.1) is 6.04 Å². The van der Waals surface area contributed by atoms with Crippen LogP contribution in [0.3, 0.4) is 0 Å². The number of phenols is 1. The monoisotopic (exact) mass is 217 g/mol. The van der Waals surface area contributed by atoms with Crippen LogP contribution in [-0.2, 0) is 0 Å². The van der Waals surface area contributed by atoms with Gasteiger partial charge in [-0.05, 0) is 37.3 Å². The number of hydrogen-bond acceptors (Lipinski definition) is 2. The third kappa shape index (κ3) is 2.26. The molecule has 0 amide bonds. The second-order valence-corrected chi connectivity index (χ2v) is 4.69. The van der Waals surface area contributed by atoms with Crippen LogP contribution < -0.4 is 0 Å². The van der Waals surface area contributed by atoms with Gasteiger partial charge in [0.1, 0.15) is 5.75 Å². The van der Waals surface area contributed by atoms with E-state index in [1.165, 1.54) is 19.3 Å². The fourth-order valence-corrected chi connectivity index (χ4v) is 2.13. The third-order valence-corrected chi connectivity index (χ3v) is 3.48. The van der Waals surface area contributed by atoms with E-state index in [2.05, 4.69) is 11.9 Å². The van der Waals surface area contributed by atoms with Crippen molar-refractivity contribution >= 4 is 6.21 Å². The molecule has 1 aromatic carbocycles. The van der Waals surface area contributed by atoms with Crippen molar-refractivity contribution in [2.24, 2.45) is 10.9 Å². The van der Waals surface area contributed by atoms with Crippen LogP contribution in [0.4, 0.5) is 0 Å². The summed E-state index contributed by atoms with van der Waals surface area (Å²) in [6.45, 7) is 4.14. The summed E-state index contributed by atoms with van der Waals surface area (Å²) in [5.74, 6) is 1.23. The molecule has 1 fully saturated rings. The Bertz CT molecular complexity index is 392. The highest BCUT2D eigenvalue weighted by atomic mass is 16.3. The first kappa shape index (κ1) is 11.2. The van der Waals surface area contributed by atoms with Crippen LogP contribution in [0.5, 0.6) is 5.75 Å². The Hall–Kier alpha value is -1.31. The lowest BCUT2D eigenvalue weighted by atomic mass is 9.79. The maximum absolute atomic E-state index is 9.81. The fourth-order valence-electron chi connectivity index (χ4n) is 2.13. The molecule has 1 aliphatic carbocycles. The van der Waals surface area contributed by atoms with E-state index in [0.717, 1.165) is 17.0 Å². The quantitative estimate of drug-likeness (QED) is 0.774. The Morgan fingerprint density at radius 2 is 2.19 bits per heavy atom. The highest BCUT2D eigenvalue weighted by molar-refractivity contribution is 5.84. The second kappa shape index (κ2) is 4.69. The molecular weight excluding hydrogens is 198 g/mol. The number of aliphatic imine (C=N–C) groups is 1. The van der Waals surface area contributed by atoms with Crippen LogP contribution in [0, 0.1) is 12.8 Å². The van der Waals surface area contributed by atoms with Crippen LogP contribution in [0.25, 0.3) is 0 Å². The van der Waals surface area contributed by atoms with Gasteiger partial charge in [-0.25, -0.2) is 0 Å². The Kier molecular flexibility index (Phi) is 3.28. The van der Waals surface area contributed by atoms with E-state index in [1.807, 2.05) is 31.3 Å². The molecule has 16 heavy (non-hydrogen) atoms. The highest BCUT2D eigenvalue weighted by Gasteiger charge is 2.26. The summed E-state index contributed by atoms with van der Waals surface area (Å²) in [7, 11) is 0. The van der Waals surface area contributed by atoms with Gasteiger partial charge in [-0.3, -0.25) is 4.99 Å². The molecule has 1 N–H and O–H groups in total. The summed E-state index contributed by atoms with van der Waals surface area (Å²) in [5, 5.41) is 9.81. The average molecular weight is 217 g/mol. The third-order valence-electron chi connectivity index (χ3n) is 3.48. The van der Waals surface area contributed by atoms with Crippen molar-refractivity contribution in [2.45, 2.75) is 39.2 Å². The van der Waals surface area contributed by atoms with E-state index < -0.39 is 0 Å². The van der Waals surface area contributed by atoms with Crippen LogP contribution in [0.15, 0.2) is 23.2 Å². The first-order valence-electron chi connectivity index (χ1n) is 6.02. The second-order valence-electron chi connectivity index (χ2n) is 4.69. The van der Waals surface area contributed by atoms with Crippen molar-refractivity contribution in [3.8, 4) is 5.75 Å². The van der Waals surface area contributed by atoms with Gasteiger partial charge in [0.15, 0.2) is 0 Å². The summed E-state index contributed by atoms with van der Waals surface area (Å²) in [6.07, 6.45) is 5.50. The fraction of sp³-hybridized carbons (Fsp3) is 0.500. The van der Waals surface area contributed by atoms with E-state index in [9.17, 15) is 5.11 Å². The van der Waals surface area contributed by atoms with Gasteiger partial charge in [-0.2, -0.15) is 0 Å². The van der Waals surface area contributed by atoms with Gasteiger partial charge in [-0.15, -0.1) is 0 Å². The molecule has 86 valence electrons. The van der Waals surface area contributed by atoms with Gasteiger partial charge in [0.2, 0.25) is 0 Å². The number of phenolic OH excluding ortho intramolecular Hbond substituents is 1. The van der Waals surface area contributed by atoms with Crippen molar-refractivity contribution in [1.29, 1.82) is 0 Å². The van der Waals surface area contributed by atoms with Crippen molar-refractivity contribution < 1.29 is 5.11 Å². The minimum atomic E-state index is 0.359. The minimum Gasteiger partial charge on any atom is -0.507 e. The molecule has 0 radical (unpaired) electrons. The first-order chi connectivity index (χ1) is 7.70. The van der Waals surface area contributed by atoms with E-state index in [1.54, 1.807) is 0 Å². The number of aromatic hydroxyl groups is 1. The topological polar surface area (TPSA) is 32.6 Å². The van der Waals surface area contributed by atoms with Gasteiger partial charge < -0.3 is 5.11 Å². The molecule has 1 saturated carbocycles. The first-order valence-corrected chi connectivity index (χ1v) is 6.02. The van der Waals surface area contributed by atoms with Crippen LogP contribution in [0.1, 0.15) is 37.3 Å². The maximum Gasteiger partial charge on any atom is 0.127 e. The van der Waals surface area contributed by atoms with Crippen molar-refractivity contribution in [3.05, 3.63) is 29.3 Å². The summed E-state index contributed by atoms with van der Waals surface area (Å²) in [5.41, 5.74) is 1.74. The maximum atomic E-state index is 9.81. The molecule has 0 spiro atoms. The van der Waals surface area contributed by atoms with Crippen molar-refractivity contribution in [1.82, 2.24) is 0 Å². The molecule has 1 aliphatic rings. The van der Waals surface area contributed by atoms with Crippen molar-refractivity contribution in [2.75, 3.05) is 0 Å². The molecule has 0 atom stereocenters. The van der Waals surface area contributed by atoms with E-state index in [4.69, 9.17) is 0 Å². The number of para-hydroxylation sites is 1. The molecule has 2 heteroatoms. The van der Waals surface area contributed by atoms with Gasteiger partial charge in [-0.1, -0.05) is 25.5 Å². The minimum absolute atomic E-state index is 0.359. The average Bonchev–Trinajstić information content (AvgIpc) is 2.22. The Labute approximate surface area is 97.0 Å². The van der Waals surface area contributed by atoms with E-state index in [0.29, 0.717) is 11.8 Å². The van der Waals surface area contributed by atoms with Crippen molar-refractivity contribution in [3.63, 3.8) is 0 Å². The Morgan fingerprint density at radius 1 is 1.44 bits per heavy atom. The lowest BCUT2D eigenvalue weighted by Gasteiger charge is -2.31. The number of rotatable bonds is 3. The zero-order valence-electron chi connectivity index (χ0n) is 9.98. The van der Waals surface area contributed by atoms with Crippen LogP contribution in [-0.4, -0.2) is 17.4 Å². The van der Waals surface area contributed by atoms with Gasteiger partial charge >= 0.3 is 0 Å². The molecule has 0 saturated heterocycles. The van der Waals surface area contributed by atoms with Crippen LogP contribution >= 0.6 is 0 Å². The summed E-state index contributed by atoms with van der Waals surface area (Å²) < 4.78 is 0. The predicted octanol–water partition coefficient (Wildman–Crippen LogP) is 3.31. The molecule has 2 nitrogen and oxygen atoms in total. The molecule has 0 heterocycles. The standard InChI is InChI=1S/C14H19NO/c1-3-11-7-13(8-11)15-9-12-6-4-5-10(2)14(12)16/h4-6,9,11,13,16H,3,7-8H2,1-2H3. The molecule has 0 aromatic heterocycles. The number of nitrogens with zero attached hydrogens (tertiary/aromatic N) is 1. The number of hydrogen-bond donors (Lipinski definition) is 1. The molecule has 2 rings (SSSR count). The zero-order chi connectivity index (χ0) is 11.5.